The molecule has 0 bridgehead atoms. The second-order valence-electron chi connectivity index (χ2n) is 10.3. The Morgan fingerprint density at radius 2 is 1.38 bits per heavy atom. The molecule has 45 heavy (non-hydrogen) atoms. The molecule has 8 heteroatoms. The van der Waals surface area contributed by atoms with E-state index in [4.69, 9.17) is 20.5 Å². The molecule has 0 radical (unpaired) electrons. The van der Waals surface area contributed by atoms with Gasteiger partial charge in [0.2, 0.25) is 5.91 Å². The summed E-state index contributed by atoms with van der Waals surface area (Å²) in [6, 6.07) is 40.9. The summed E-state index contributed by atoms with van der Waals surface area (Å²) < 4.78 is 5.78. The zero-order chi connectivity index (χ0) is 31.2. The second-order valence-corrected chi connectivity index (χ2v) is 11.5. The van der Waals surface area contributed by atoms with E-state index >= 15 is 0 Å². The standard InChI is InChI=1S/C37H30N4O3S/c1-44-33-21-20-26-12-8-9-15-29(26)35(33)31-22-30(27-13-6-3-7-14-27)39-37(40-31)45-34(36(43)41-38)23-32(42)28-18-16-25(17-19-28)24-10-4-2-5-11-24/h2-22,34H,23,38H2,1H3,(H,41,43). The molecule has 6 rings (SSSR count). The van der Waals surface area contributed by atoms with Crippen molar-refractivity contribution in [2.24, 2.45) is 5.84 Å². The highest BCUT2D eigenvalue weighted by molar-refractivity contribution is 8.00. The third-order valence-electron chi connectivity index (χ3n) is 7.51. The Balaban J connectivity index is 1.36. The lowest BCUT2D eigenvalue weighted by Crippen LogP contribution is -2.38. The highest BCUT2D eigenvalue weighted by atomic mass is 32.2. The molecule has 6 aromatic rings. The Labute approximate surface area is 265 Å². The first-order valence-corrected chi connectivity index (χ1v) is 15.3. The van der Waals surface area contributed by atoms with Crippen molar-refractivity contribution in [3.63, 3.8) is 0 Å². The molecule has 1 atom stereocenters. The Morgan fingerprint density at radius 3 is 2.07 bits per heavy atom. The average molecular weight is 611 g/mol. The summed E-state index contributed by atoms with van der Waals surface area (Å²) >= 11 is 1.11. The second kappa shape index (κ2) is 13.5. The number of hydrogen-bond donors (Lipinski definition) is 2. The molecule has 1 heterocycles. The Hall–Kier alpha value is -5.31. The quantitative estimate of drug-likeness (QED) is 0.0417. The van der Waals surface area contributed by atoms with Crippen molar-refractivity contribution in [1.82, 2.24) is 15.4 Å². The van der Waals surface area contributed by atoms with Crippen LogP contribution in [-0.4, -0.2) is 34.0 Å². The van der Waals surface area contributed by atoms with Crippen LogP contribution in [0.2, 0.25) is 0 Å². The molecule has 0 aliphatic carbocycles. The van der Waals surface area contributed by atoms with Crippen LogP contribution in [0.25, 0.3) is 44.4 Å². The maximum Gasteiger partial charge on any atom is 0.247 e. The van der Waals surface area contributed by atoms with E-state index in [1.54, 1.807) is 19.2 Å². The number of methoxy groups -OCH3 is 1. The van der Waals surface area contributed by atoms with Crippen LogP contribution in [-0.2, 0) is 4.79 Å². The van der Waals surface area contributed by atoms with Gasteiger partial charge in [0.1, 0.15) is 5.75 Å². The fourth-order valence-corrected chi connectivity index (χ4v) is 6.19. The van der Waals surface area contributed by atoms with Gasteiger partial charge in [0.15, 0.2) is 10.9 Å². The largest absolute Gasteiger partial charge is 0.496 e. The van der Waals surface area contributed by atoms with Crippen molar-refractivity contribution < 1.29 is 14.3 Å². The first-order valence-electron chi connectivity index (χ1n) is 14.4. The highest BCUT2D eigenvalue weighted by Crippen LogP contribution is 2.38. The van der Waals surface area contributed by atoms with Crippen LogP contribution in [0.3, 0.4) is 0 Å². The molecule has 1 unspecified atom stereocenters. The molecule has 1 amide bonds. The zero-order valence-corrected chi connectivity index (χ0v) is 25.3. The topological polar surface area (TPSA) is 107 Å². The molecule has 5 aromatic carbocycles. The third-order valence-corrected chi connectivity index (χ3v) is 8.57. The number of thioether (sulfide) groups is 1. The number of Topliss-reactive ketones (excluding diaryl/α,β-unsaturated/α-hetero) is 1. The van der Waals surface area contributed by atoms with Crippen LogP contribution in [0.1, 0.15) is 16.8 Å². The number of nitrogens with two attached hydrogens (primary N) is 1. The van der Waals surface area contributed by atoms with Gasteiger partial charge in [-0.1, -0.05) is 127 Å². The van der Waals surface area contributed by atoms with Crippen LogP contribution >= 0.6 is 11.8 Å². The van der Waals surface area contributed by atoms with Crippen LogP contribution in [0, 0.1) is 0 Å². The van der Waals surface area contributed by atoms with Crippen LogP contribution in [0.4, 0.5) is 0 Å². The van der Waals surface area contributed by atoms with Crippen molar-refractivity contribution in [3.8, 4) is 39.4 Å². The van der Waals surface area contributed by atoms with Gasteiger partial charge >= 0.3 is 0 Å². The highest BCUT2D eigenvalue weighted by Gasteiger charge is 2.26. The minimum atomic E-state index is -0.871. The summed E-state index contributed by atoms with van der Waals surface area (Å²) in [6.07, 6.45) is -0.0930. The van der Waals surface area contributed by atoms with E-state index in [2.05, 4.69) is 5.43 Å². The number of carbonyl (C=O) groups is 2. The predicted octanol–water partition coefficient (Wildman–Crippen LogP) is 7.36. The van der Waals surface area contributed by atoms with E-state index in [0.29, 0.717) is 27.9 Å². The molecule has 0 saturated carbocycles. The number of hydrazine groups is 1. The Kier molecular flexibility index (Phi) is 8.96. The van der Waals surface area contributed by atoms with Crippen molar-refractivity contribution in [1.29, 1.82) is 0 Å². The van der Waals surface area contributed by atoms with Gasteiger partial charge in [-0.2, -0.15) is 0 Å². The van der Waals surface area contributed by atoms with E-state index < -0.39 is 11.2 Å². The van der Waals surface area contributed by atoms with Crippen molar-refractivity contribution >= 4 is 34.2 Å². The number of hydrogen-bond acceptors (Lipinski definition) is 7. The summed E-state index contributed by atoms with van der Waals surface area (Å²) in [5, 5.41) is 1.47. The van der Waals surface area contributed by atoms with Crippen LogP contribution < -0.4 is 16.0 Å². The number of aromatic nitrogens is 2. The SMILES string of the molecule is COc1ccc2ccccc2c1-c1cc(-c2ccccc2)nc(SC(CC(=O)c2ccc(-c3ccccc3)cc2)C(=O)NN)n1. The smallest absolute Gasteiger partial charge is 0.247 e. The molecule has 3 N–H and O–H groups in total. The lowest BCUT2D eigenvalue weighted by molar-refractivity contribution is -0.120. The number of benzene rings is 5. The lowest BCUT2D eigenvalue weighted by Gasteiger charge is -2.17. The van der Waals surface area contributed by atoms with Gasteiger partial charge in [-0.3, -0.25) is 15.0 Å². The normalized spacial score (nSPS) is 11.6. The minimum absolute atomic E-state index is 0.0930. The number of carbonyl (C=O) groups excluding carboxylic acids is 2. The maximum atomic E-state index is 13.4. The van der Waals surface area contributed by atoms with Crippen molar-refractivity contribution in [2.75, 3.05) is 7.11 Å². The average Bonchev–Trinajstić information content (AvgIpc) is 3.11. The summed E-state index contributed by atoms with van der Waals surface area (Å²) in [4.78, 5) is 36.2. The van der Waals surface area contributed by atoms with Gasteiger partial charge < -0.3 is 4.74 Å². The number of fused-ring (bicyclic) bond motifs is 1. The predicted molar refractivity (Wildman–Crippen MR) is 180 cm³/mol. The van der Waals surface area contributed by atoms with Gasteiger partial charge in [-0.05, 0) is 34.0 Å². The third kappa shape index (κ3) is 6.62. The Morgan fingerprint density at radius 1 is 0.756 bits per heavy atom. The summed E-state index contributed by atoms with van der Waals surface area (Å²) in [6.45, 7) is 0. The van der Waals surface area contributed by atoms with Crippen LogP contribution in [0.5, 0.6) is 5.75 Å². The number of nitrogens with one attached hydrogen (secondary N) is 1. The van der Waals surface area contributed by atoms with E-state index in [1.165, 1.54) is 0 Å². The summed E-state index contributed by atoms with van der Waals surface area (Å²) in [7, 11) is 1.63. The fraction of sp³-hybridized carbons (Fsp3) is 0.0811. The summed E-state index contributed by atoms with van der Waals surface area (Å²) in [5.74, 6) is 5.56. The number of ketones is 1. The van der Waals surface area contributed by atoms with Gasteiger partial charge in [-0.15, -0.1) is 0 Å². The van der Waals surface area contributed by atoms with Crippen molar-refractivity contribution in [3.05, 3.63) is 133 Å². The van der Waals surface area contributed by atoms with Gasteiger partial charge in [0.05, 0.1) is 29.3 Å². The molecule has 0 aliphatic rings. The molecule has 0 spiro atoms. The van der Waals surface area contributed by atoms with E-state index in [1.807, 2.05) is 115 Å². The van der Waals surface area contributed by atoms with E-state index in [0.717, 1.165) is 44.8 Å². The first kappa shape index (κ1) is 29.7. The van der Waals surface area contributed by atoms with E-state index in [9.17, 15) is 9.59 Å². The molecule has 0 saturated heterocycles. The molecule has 0 aliphatic heterocycles. The molecule has 222 valence electrons. The number of nitrogens with zero attached hydrogens (tertiary/aromatic N) is 2. The molecular weight excluding hydrogens is 580 g/mol. The molecule has 1 aromatic heterocycles. The lowest BCUT2D eigenvalue weighted by atomic mass is 9.99. The van der Waals surface area contributed by atoms with Gasteiger partial charge in [0.25, 0.3) is 0 Å². The van der Waals surface area contributed by atoms with E-state index in [-0.39, 0.29) is 12.2 Å². The number of amides is 1. The van der Waals surface area contributed by atoms with Gasteiger partial charge in [0, 0.05) is 17.5 Å². The number of ether oxygens (including phenoxy) is 1. The molecule has 7 nitrogen and oxygen atoms in total. The Bertz CT molecular complexity index is 1970. The summed E-state index contributed by atoms with van der Waals surface area (Å²) in [5.41, 5.74) is 7.79. The fourth-order valence-electron chi connectivity index (χ4n) is 5.22. The minimum Gasteiger partial charge on any atom is -0.496 e. The monoisotopic (exact) mass is 610 g/mol. The molecular formula is C37H30N4O3S. The zero-order valence-electron chi connectivity index (χ0n) is 24.5. The van der Waals surface area contributed by atoms with Crippen molar-refractivity contribution in [2.45, 2.75) is 16.8 Å². The number of rotatable bonds is 10. The first-order chi connectivity index (χ1) is 22.0. The molecule has 0 fully saturated rings. The van der Waals surface area contributed by atoms with Crippen LogP contribution in [0.15, 0.2) is 133 Å². The van der Waals surface area contributed by atoms with Gasteiger partial charge in [-0.25, -0.2) is 15.8 Å². The maximum absolute atomic E-state index is 13.4.